The van der Waals surface area contributed by atoms with Gasteiger partial charge in [0.25, 0.3) is 0 Å². The number of hydrogen-bond donors (Lipinski definition) is 1. The Labute approximate surface area is 162 Å². The Morgan fingerprint density at radius 3 is 2.70 bits per heavy atom. The molecule has 27 heavy (non-hydrogen) atoms. The van der Waals surface area contributed by atoms with Gasteiger partial charge in [0.2, 0.25) is 5.91 Å². The summed E-state index contributed by atoms with van der Waals surface area (Å²) in [5.74, 6) is -0.138. The van der Waals surface area contributed by atoms with Gasteiger partial charge in [0.1, 0.15) is 5.82 Å². The second-order valence-corrected chi connectivity index (χ2v) is 8.19. The average molecular weight is 383 g/mol. The van der Waals surface area contributed by atoms with Crippen molar-refractivity contribution in [3.05, 3.63) is 53.3 Å². The van der Waals surface area contributed by atoms with Crippen LogP contribution in [0.4, 0.5) is 15.2 Å². The molecule has 6 heteroatoms. The van der Waals surface area contributed by atoms with Crippen LogP contribution in [0.15, 0.2) is 36.4 Å². The Kier molecular flexibility index (Phi) is 4.83. The van der Waals surface area contributed by atoms with Gasteiger partial charge < -0.3 is 10.2 Å². The molecule has 0 bridgehead atoms. The summed E-state index contributed by atoms with van der Waals surface area (Å²) in [4.78, 5) is 19.5. The number of nitrogens with one attached hydrogen (secondary N) is 1. The lowest BCUT2D eigenvalue weighted by molar-refractivity contribution is -0.120. The number of aryl methyl sites for hydroxylation is 2. The molecule has 0 spiro atoms. The molecule has 1 aliphatic rings. The van der Waals surface area contributed by atoms with Crippen LogP contribution in [0.1, 0.15) is 24.0 Å². The minimum Gasteiger partial charge on any atom is -0.348 e. The number of thiazole rings is 1. The van der Waals surface area contributed by atoms with Crippen LogP contribution < -0.4 is 10.2 Å². The minimum atomic E-state index is -0.237. The van der Waals surface area contributed by atoms with E-state index in [1.807, 2.05) is 26.0 Å². The molecule has 1 aliphatic heterocycles. The van der Waals surface area contributed by atoms with E-state index in [1.165, 1.54) is 29.0 Å². The molecule has 3 aromatic rings. The van der Waals surface area contributed by atoms with Crippen molar-refractivity contribution in [3.8, 4) is 0 Å². The number of aromatic nitrogens is 1. The molecule has 2 aromatic carbocycles. The van der Waals surface area contributed by atoms with Gasteiger partial charge in [0, 0.05) is 24.7 Å². The lowest BCUT2D eigenvalue weighted by atomic mass is 9.96. The number of carbonyl (C=O) groups excluding carboxylic acids is 1. The first-order valence-electron chi connectivity index (χ1n) is 9.19. The molecule has 1 aromatic heterocycles. The van der Waals surface area contributed by atoms with Crippen molar-refractivity contribution in [2.45, 2.75) is 26.7 Å². The van der Waals surface area contributed by atoms with Crippen LogP contribution in [0.3, 0.4) is 0 Å². The van der Waals surface area contributed by atoms with Gasteiger partial charge in [0.05, 0.1) is 10.2 Å². The lowest BCUT2D eigenvalue weighted by Crippen LogP contribution is -2.38. The number of anilines is 2. The number of fused-ring (bicyclic) bond motifs is 1. The highest BCUT2D eigenvalue weighted by Gasteiger charge is 2.26. The summed E-state index contributed by atoms with van der Waals surface area (Å²) in [6.07, 6.45) is 1.59. The normalized spacial score (nSPS) is 15.3. The zero-order chi connectivity index (χ0) is 19.0. The molecule has 0 unspecified atom stereocenters. The number of amides is 1. The van der Waals surface area contributed by atoms with Crippen LogP contribution in [0.25, 0.3) is 10.2 Å². The Balaban J connectivity index is 1.39. The van der Waals surface area contributed by atoms with Gasteiger partial charge in [-0.2, -0.15) is 0 Å². The van der Waals surface area contributed by atoms with Gasteiger partial charge in [-0.3, -0.25) is 4.79 Å². The summed E-state index contributed by atoms with van der Waals surface area (Å²) < 4.78 is 14.2. The van der Waals surface area contributed by atoms with Crippen LogP contribution in [-0.4, -0.2) is 24.0 Å². The second kappa shape index (κ2) is 7.27. The van der Waals surface area contributed by atoms with E-state index in [4.69, 9.17) is 0 Å². The fourth-order valence-electron chi connectivity index (χ4n) is 3.54. The average Bonchev–Trinajstić information content (AvgIpc) is 3.07. The first-order chi connectivity index (χ1) is 13.0. The summed E-state index contributed by atoms with van der Waals surface area (Å²) in [5, 5.41) is 3.98. The molecule has 1 saturated heterocycles. The number of rotatable bonds is 3. The van der Waals surface area contributed by atoms with Gasteiger partial charge in [-0.15, -0.1) is 0 Å². The Morgan fingerprint density at radius 1 is 1.19 bits per heavy atom. The molecular weight excluding hydrogens is 361 g/mol. The van der Waals surface area contributed by atoms with Crippen molar-refractivity contribution >= 4 is 38.3 Å². The maximum atomic E-state index is 13.4. The predicted molar refractivity (Wildman–Crippen MR) is 109 cm³/mol. The SMILES string of the molecule is Cc1ccc(NC(=O)C2CCN(c3nc4ccc(F)cc4s3)CC2)c(C)c1. The highest BCUT2D eigenvalue weighted by atomic mass is 32.1. The molecule has 0 aliphatic carbocycles. The smallest absolute Gasteiger partial charge is 0.227 e. The zero-order valence-corrected chi connectivity index (χ0v) is 16.3. The molecule has 0 saturated carbocycles. The van der Waals surface area contributed by atoms with Crippen molar-refractivity contribution in [2.24, 2.45) is 5.92 Å². The van der Waals surface area contributed by atoms with E-state index in [0.717, 1.165) is 52.5 Å². The number of carbonyl (C=O) groups is 1. The predicted octanol–water partition coefficient (Wildman–Crippen LogP) is 4.91. The van der Waals surface area contributed by atoms with E-state index in [0.29, 0.717) is 0 Å². The van der Waals surface area contributed by atoms with Gasteiger partial charge >= 0.3 is 0 Å². The quantitative estimate of drug-likeness (QED) is 0.699. The molecule has 0 atom stereocenters. The third-order valence-electron chi connectivity index (χ3n) is 5.12. The van der Waals surface area contributed by atoms with Gasteiger partial charge in [-0.05, 0) is 56.5 Å². The number of halogens is 1. The summed E-state index contributed by atoms with van der Waals surface area (Å²) in [6.45, 7) is 5.63. The van der Waals surface area contributed by atoms with Gasteiger partial charge in [0.15, 0.2) is 5.13 Å². The highest BCUT2D eigenvalue weighted by molar-refractivity contribution is 7.22. The largest absolute Gasteiger partial charge is 0.348 e. The second-order valence-electron chi connectivity index (χ2n) is 7.18. The van der Waals surface area contributed by atoms with E-state index < -0.39 is 0 Å². The first kappa shape index (κ1) is 17.9. The van der Waals surface area contributed by atoms with E-state index in [1.54, 1.807) is 6.07 Å². The molecule has 4 nitrogen and oxygen atoms in total. The number of nitrogens with zero attached hydrogens (tertiary/aromatic N) is 2. The Morgan fingerprint density at radius 2 is 1.96 bits per heavy atom. The van der Waals surface area contributed by atoms with Crippen LogP contribution in [0.2, 0.25) is 0 Å². The monoisotopic (exact) mass is 383 g/mol. The van der Waals surface area contributed by atoms with Crippen LogP contribution in [-0.2, 0) is 4.79 Å². The maximum absolute atomic E-state index is 13.4. The van der Waals surface area contributed by atoms with E-state index >= 15 is 0 Å². The van der Waals surface area contributed by atoms with Crippen molar-refractivity contribution in [2.75, 3.05) is 23.3 Å². The van der Waals surface area contributed by atoms with Gasteiger partial charge in [-0.25, -0.2) is 9.37 Å². The van der Waals surface area contributed by atoms with Crippen molar-refractivity contribution < 1.29 is 9.18 Å². The molecule has 1 fully saturated rings. The number of benzene rings is 2. The first-order valence-corrected chi connectivity index (χ1v) is 10.0. The molecular formula is C21H22FN3OS. The fourth-order valence-corrected chi connectivity index (χ4v) is 4.59. The third-order valence-corrected chi connectivity index (χ3v) is 6.19. The van der Waals surface area contributed by atoms with Crippen molar-refractivity contribution in [1.29, 1.82) is 0 Å². The summed E-state index contributed by atoms with van der Waals surface area (Å²) in [5.41, 5.74) is 3.99. The molecule has 1 N–H and O–H groups in total. The van der Waals surface area contributed by atoms with Gasteiger partial charge in [-0.1, -0.05) is 29.0 Å². The minimum absolute atomic E-state index is 0.00813. The van der Waals surface area contributed by atoms with Crippen molar-refractivity contribution in [3.63, 3.8) is 0 Å². The van der Waals surface area contributed by atoms with E-state index in [-0.39, 0.29) is 17.6 Å². The highest BCUT2D eigenvalue weighted by Crippen LogP contribution is 2.32. The lowest BCUT2D eigenvalue weighted by Gasteiger charge is -2.31. The molecule has 140 valence electrons. The van der Waals surface area contributed by atoms with E-state index in [9.17, 15) is 9.18 Å². The van der Waals surface area contributed by atoms with Crippen molar-refractivity contribution in [1.82, 2.24) is 4.98 Å². The van der Waals surface area contributed by atoms with Crippen LogP contribution in [0, 0.1) is 25.6 Å². The molecule has 4 rings (SSSR count). The van der Waals surface area contributed by atoms with E-state index in [2.05, 4.69) is 21.3 Å². The van der Waals surface area contributed by atoms with Crippen LogP contribution >= 0.6 is 11.3 Å². The maximum Gasteiger partial charge on any atom is 0.227 e. The fraction of sp³-hybridized carbons (Fsp3) is 0.333. The summed E-state index contributed by atoms with van der Waals surface area (Å²) >= 11 is 1.51. The van der Waals surface area contributed by atoms with Crippen LogP contribution in [0.5, 0.6) is 0 Å². The summed E-state index contributed by atoms with van der Waals surface area (Å²) in [7, 11) is 0. The molecule has 2 heterocycles. The third kappa shape index (κ3) is 3.81. The Hall–Kier alpha value is -2.47. The number of hydrogen-bond acceptors (Lipinski definition) is 4. The molecule has 0 radical (unpaired) electrons. The Bertz CT molecular complexity index is 992. The topological polar surface area (TPSA) is 45.2 Å². The molecule has 1 amide bonds. The summed E-state index contributed by atoms with van der Waals surface area (Å²) in [6, 6.07) is 10.7. The number of piperidine rings is 1. The zero-order valence-electron chi connectivity index (χ0n) is 15.5. The standard InChI is InChI=1S/C21H22FN3OS/c1-13-3-5-17(14(2)11-13)23-20(26)15-7-9-25(10-8-15)21-24-18-6-4-16(22)12-19(18)27-21/h3-6,11-12,15H,7-10H2,1-2H3,(H,23,26).